The van der Waals surface area contributed by atoms with Crippen LogP contribution in [-0.4, -0.2) is 5.54 Å². The molecule has 1 aliphatic rings. The van der Waals surface area contributed by atoms with Gasteiger partial charge >= 0.3 is 0 Å². The van der Waals surface area contributed by atoms with E-state index in [1.54, 1.807) is 0 Å². The fourth-order valence-electron chi connectivity index (χ4n) is 1.33. The summed E-state index contributed by atoms with van der Waals surface area (Å²) in [6.07, 6.45) is 3.60. The lowest BCUT2D eigenvalue weighted by molar-refractivity contribution is 0.140. The Bertz CT molecular complexity index is 267. The molecule has 1 aromatic rings. The topological polar surface area (TPSA) is 21.3 Å². The van der Waals surface area contributed by atoms with Crippen LogP contribution in [0.3, 0.4) is 0 Å². The summed E-state index contributed by atoms with van der Waals surface area (Å²) in [5, 5.41) is 0. The maximum atomic E-state index is 5.47. The Balaban J connectivity index is 1.86. The number of hydroxylamine groups is 1. The summed E-state index contributed by atoms with van der Waals surface area (Å²) in [7, 11) is 0. The van der Waals surface area contributed by atoms with E-state index in [9.17, 15) is 0 Å². The van der Waals surface area contributed by atoms with Gasteiger partial charge in [0.2, 0.25) is 0 Å². The van der Waals surface area contributed by atoms with E-state index in [2.05, 4.69) is 12.4 Å². The lowest BCUT2D eigenvalue weighted by Crippen LogP contribution is -2.33. The minimum Gasteiger partial charge on any atom is -0.408 e. The molecule has 1 aliphatic carbocycles. The summed E-state index contributed by atoms with van der Waals surface area (Å²) >= 11 is 0. The third-order valence-corrected chi connectivity index (χ3v) is 2.66. The molecule has 0 saturated heterocycles. The summed E-state index contributed by atoms with van der Waals surface area (Å²) in [5.74, 6) is 0.891. The van der Waals surface area contributed by atoms with Crippen LogP contribution in [0, 0.1) is 0 Å². The number of nitrogens with one attached hydrogen (secondary N) is 1. The minimum absolute atomic E-state index is 0.274. The van der Waals surface area contributed by atoms with Gasteiger partial charge < -0.3 is 4.84 Å². The molecule has 2 nitrogen and oxygen atoms in total. The van der Waals surface area contributed by atoms with Gasteiger partial charge in [-0.05, 0) is 31.4 Å². The Morgan fingerprint density at radius 1 is 1.31 bits per heavy atom. The fourth-order valence-corrected chi connectivity index (χ4v) is 1.33. The zero-order valence-electron chi connectivity index (χ0n) is 7.92. The molecule has 0 aromatic heterocycles. The van der Waals surface area contributed by atoms with Crippen LogP contribution in [0.4, 0.5) is 0 Å². The monoisotopic (exact) mass is 177 g/mol. The van der Waals surface area contributed by atoms with Gasteiger partial charge in [0.25, 0.3) is 0 Å². The largest absolute Gasteiger partial charge is 0.408 e. The molecule has 0 bridgehead atoms. The number of para-hydroxylation sites is 1. The van der Waals surface area contributed by atoms with Crippen molar-refractivity contribution in [1.82, 2.24) is 5.48 Å². The van der Waals surface area contributed by atoms with Crippen molar-refractivity contribution in [1.29, 1.82) is 0 Å². The molecule has 0 radical (unpaired) electrons. The van der Waals surface area contributed by atoms with E-state index in [1.807, 2.05) is 30.3 Å². The molecule has 0 atom stereocenters. The molecule has 1 N–H and O–H groups in total. The molecule has 2 heteroatoms. The van der Waals surface area contributed by atoms with Gasteiger partial charge in [0, 0.05) is 0 Å². The molecule has 2 rings (SSSR count). The molecule has 13 heavy (non-hydrogen) atoms. The Hall–Kier alpha value is -1.02. The van der Waals surface area contributed by atoms with E-state index in [1.165, 1.54) is 12.8 Å². The first-order chi connectivity index (χ1) is 6.35. The van der Waals surface area contributed by atoms with E-state index in [4.69, 9.17) is 4.84 Å². The first-order valence-corrected chi connectivity index (χ1v) is 4.84. The van der Waals surface area contributed by atoms with Crippen LogP contribution in [0.15, 0.2) is 30.3 Å². The number of hydrogen-bond donors (Lipinski definition) is 1. The van der Waals surface area contributed by atoms with Crippen molar-refractivity contribution in [3.05, 3.63) is 30.3 Å². The quantitative estimate of drug-likeness (QED) is 0.713. The van der Waals surface area contributed by atoms with Crippen LogP contribution in [0.5, 0.6) is 5.75 Å². The Morgan fingerprint density at radius 2 is 2.00 bits per heavy atom. The van der Waals surface area contributed by atoms with Crippen molar-refractivity contribution in [2.45, 2.75) is 31.7 Å². The highest BCUT2D eigenvalue weighted by molar-refractivity contribution is 5.20. The van der Waals surface area contributed by atoms with Crippen LogP contribution in [0.1, 0.15) is 26.2 Å². The molecule has 1 saturated carbocycles. The van der Waals surface area contributed by atoms with Gasteiger partial charge in [-0.1, -0.05) is 25.1 Å². The molecular weight excluding hydrogens is 162 g/mol. The normalized spacial score (nSPS) is 18.2. The SMILES string of the molecule is CCC1(NOc2ccccc2)CC1. The van der Waals surface area contributed by atoms with Gasteiger partial charge in [-0.2, -0.15) is 5.48 Å². The molecule has 0 spiro atoms. The third kappa shape index (κ3) is 2.01. The van der Waals surface area contributed by atoms with Crippen molar-refractivity contribution >= 4 is 0 Å². The smallest absolute Gasteiger partial charge is 0.147 e. The van der Waals surface area contributed by atoms with E-state index >= 15 is 0 Å². The molecule has 0 aliphatic heterocycles. The fraction of sp³-hybridized carbons (Fsp3) is 0.455. The average Bonchev–Trinajstić information content (AvgIpc) is 2.97. The van der Waals surface area contributed by atoms with E-state index in [0.29, 0.717) is 0 Å². The summed E-state index contributed by atoms with van der Waals surface area (Å²) < 4.78 is 0. The standard InChI is InChI=1S/C11H15NO/c1-2-11(8-9-11)12-13-10-6-4-3-5-7-10/h3-7,12H,2,8-9H2,1H3. The summed E-state index contributed by atoms with van der Waals surface area (Å²) in [5.41, 5.74) is 3.41. The van der Waals surface area contributed by atoms with Crippen LogP contribution in [0.25, 0.3) is 0 Å². The first kappa shape index (κ1) is 8.57. The van der Waals surface area contributed by atoms with Crippen molar-refractivity contribution in [2.24, 2.45) is 0 Å². The zero-order chi connectivity index (χ0) is 9.15. The summed E-state index contributed by atoms with van der Waals surface area (Å²) in [6, 6.07) is 9.85. The average molecular weight is 177 g/mol. The van der Waals surface area contributed by atoms with Crippen LogP contribution < -0.4 is 10.3 Å². The number of rotatable bonds is 4. The first-order valence-electron chi connectivity index (χ1n) is 4.84. The highest BCUT2D eigenvalue weighted by Gasteiger charge is 2.41. The van der Waals surface area contributed by atoms with Gasteiger partial charge in [0.05, 0.1) is 5.54 Å². The van der Waals surface area contributed by atoms with Crippen molar-refractivity contribution in [3.63, 3.8) is 0 Å². The van der Waals surface area contributed by atoms with Gasteiger partial charge in [-0.3, -0.25) is 0 Å². The van der Waals surface area contributed by atoms with Crippen LogP contribution in [0.2, 0.25) is 0 Å². The highest BCUT2D eigenvalue weighted by Crippen LogP contribution is 2.38. The second-order valence-corrected chi connectivity index (χ2v) is 3.65. The maximum absolute atomic E-state index is 5.47. The molecule has 1 fully saturated rings. The van der Waals surface area contributed by atoms with Gasteiger partial charge in [0.15, 0.2) is 0 Å². The predicted molar refractivity (Wildman–Crippen MR) is 52.5 cm³/mol. The van der Waals surface area contributed by atoms with Crippen LogP contribution >= 0.6 is 0 Å². The summed E-state index contributed by atoms with van der Waals surface area (Å²) in [4.78, 5) is 5.47. The Labute approximate surface area is 78.9 Å². The zero-order valence-corrected chi connectivity index (χ0v) is 7.92. The molecule has 0 unspecified atom stereocenters. The predicted octanol–water partition coefficient (Wildman–Crippen LogP) is 2.51. The lowest BCUT2D eigenvalue weighted by Gasteiger charge is -2.14. The molecule has 0 amide bonds. The van der Waals surface area contributed by atoms with Gasteiger partial charge in [-0.25, -0.2) is 0 Å². The minimum atomic E-state index is 0.274. The van der Waals surface area contributed by atoms with Crippen LogP contribution in [-0.2, 0) is 0 Å². The van der Waals surface area contributed by atoms with Crippen molar-refractivity contribution in [2.75, 3.05) is 0 Å². The molecule has 1 aromatic carbocycles. The van der Waals surface area contributed by atoms with Gasteiger partial charge in [0.1, 0.15) is 5.75 Å². The van der Waals surface area contributed by atoms with E-state index < -0.39 is 0 Å². The lowest BCUT2D eigenvalue weighted by atomic mass is 10.2. The Kier molecular flexibility index (Phi) is 2.23. The van der Waals surface area contributed by atoms with Crippen molar-refractivity contribution in [3.8, 4) is 5.75 Å². The van der Waals surface area contributed by atoms with Crippen molar-refractivity contribution < 1.29 is 4.84 Å². The molecule has 0 heterocycles. The Morgan fingerprint density at radius 3 is 2.54 bits per heavy atom. The summed E-state index contributed by atoms with van der Waals surface area (Å²) in [6.45, 7) is 2.19. The maximum Gasteiger partial charge on any atom is 0.147 e. The second kappa shape index (κ2) is 3.38. The number of benzene rings is 1. The number of hydrogen-bond acceptors (Lipinski definition) is 2. The molecule has 70 valence electrons. The highest BCUT2D eigenvalue weighted by atomic mass is 16.6. The second-order valence-electron chi connectivity index (χ2n) is 3.65. The van der Waals surface area contributed by atoms with Gasteiger partial charge in [-0.15, -0.1) is 0 Å². The molecular formula is C11H15NO. The van der Waals surface area contributed by atoms with E-state index in [-0.39, 0.29) is 5.54 Å². The third-order valence-electron chi connectivity index (χ3n) is 2.66. The van der Waals surface area contributed by atoms with E-state index in [0.717, 1.165) is 12.2 Å².